The van der Waals surface area contributed by atoms with Crippen LogP contribution < -0.4 is 5.32 Å². The molecule has 1 saturated carbocycles. The molecule has 0 saturated heterocycles. The standard InChI is InChI=1S/C19H24N2O/c1-12(2)9-15-17(19(15,3)4)18(22)20-11-14-10-13-7-5-6-8-16(13)21-14/h5-10,15,17,21H,11H2,1-4H3,(H,20,22)/t15-,17-/m0/s1. The summed E-state index contributed by atoms with van der Waals surface area (Å²) in [6, 6.07) is 10.3. The smallest absolute Gasteiger partial charge is 0.224 e. The Morgan fingerprint density at radius 3 is 2.73 bits per heavy atom. The number of hydrogen-bond donors (Lipinski definition) is 2. The Morgan fingerprint density at radius 1 is 1.32 bits per heavy atom. The van der Waals surface area contributed by atoms with Crippen LogP contribution in [0, 0.1) is 17.3 Å². The van der Waals surface area contributed by atoms with Crippen molar-refractivity contribution < 1.29 is 4.79 Å². The van der Waals surface area contributed by atoms with Crippen LogP contribution in [0.4, 0.5) is 0 Å². The molecule has 2 N–H and O–H groups in total. The maximum absolute atomic E-state index is 12.4. The van der Waals surface area contributed by atoms with Crippen LogP contribution in [-0.4, -0.2) is 10.9 Å². The second-order valence-corrected chi connectivity index (χ2v) is 7.17. The quantitative estimate of drug-likeness (QED) is 0.822. The minimum absolute atomic E-state index is 0.0712. The highest BCUT2D eigenvalue weighted by atomic mass is 16.2. The first-order chi connectivity index (χ1) is 10.4. The predicted octanol–water partition coefficient (Wildman–Crippen LogP) is 4.02. The summed E-state index contributed by atoms with van der Waals surface area (Å²) in [5.41, 5.74) is 3.51. The highest BCUT2D eigenvalue weighted by molar-refractivity contribution is 5.84. The van der Waals surface area contributed by atoms with Gasteiger partial charge in [0.2, 0.25) is 5.91 Å². The van der Waals surface area contributed by atoms with Gasteiger partial charge in [-0.25, -0.2) is 0 Å². The van der Waals surface area contributed by atoms with Crippen molar-refractivity contribution in [1.29, 1.82) is 0 Å². The lowest BCUT2D eigenvalue weighted by molar-refractivity contribution is -0.123. The molecule has 3 nitrogen and oxygen atoms in total. The number of carbonyl (C=O) groups is 1. The van der Waals surface area contributed by atoms with E-state index in [0.717, 1.165) is 11.2 Å². The molecule has 1 aromatic heterocycles. The number of rotatable bonds is 4. The summed E-state index contributed by atoms with van der Waals surface area (Å²) in [5.74, 6) is 0.609. The number of allylic oxidation sites excluding steroid dienone is 2. The van der Waals surface area contributed by atoms with Crippen molar-refractivity contribution in [3.63, 3.8) is 0 Å². The molecule has 22 heavy (non-hydrogen) atoms. The van der Waals surface area contributed by atoms with Crippen LogP contribution in [0.3, 0.4) is 0 Å². The van der Waals surface area contributed by atoms with Crippen molar-refractivity contribution in [1.82, 2.24) is 10.3 Å². The molecule has 2 atom stereocenters. The third-order valence-electron chi connectivity index (χ3n) is 4.74. The van der Waals surface area contributed by atoms with Crippen LogP contribution in [-0.2, 0) is 11.3 Å². The van der Waals surface area contributed by atoms with E-state index in [0.29, 0.717) is 12.5 Å². The highest BCUT2D eigenvalue weighted by Crippen LogP contribution is 2.59. The first-order valence-corrected chi connectivity index (χ1v) is 7.89. The van der Waals surface area contributed by atoms with E-state index in [-0.39, 0.29) is 17.2 Å². The Kier molecular flexibility index (Phi) is 3.59. The third kappa shape index (κ3) is 2.68. The van der Waals surface area contributed by atoms with Gasteiger partial charge in [0.05, 0.1) is 12.5 Å². The molecule has 1 aliphatic carbocycles. The van der Waals surface area contributed by atoms with Crippen molar-refractivity contribution in [3.8, 4) is 0 Å². The van der Waals surface area contributed by atoms with Gasteiger partial charge in [-0.2, -0.15) is 0 Å². The van der Waals surface area contributed by atoms with E-state index in [2.05, 4.69) is 62.3 Å². The molecule has 116 valence electrons. The second-order valence-electron chi connectivity index (χ2n) is 7.17. The van der Waals surface area contributed by atoms with Crippen LogP contribution in [0.15, 0.2) is 42.0 Å². The summed E-state index contributed by atoms with van der Waals surface area (Å²) in [6.45, 7) is 9.08. The predicted molar refractivity (Wildman–Crippen MR) is 90.3 cm³/mol. The van der Waals surface area contributed by atoms with E-state index in [1.807, 2.05) is 12.1 Å². The summed E-state index contributed by atoms with van der Waals surface area (Å²) in [4.78, 5) is 15.8. The monoisotopic (exact) mass is 296 g/mol. The van der Waals surface area contributed by atoms with Crippen molar-refractivity contribution >= 4 is 16.8 Å². The van der Waals surface area contributed by atoms with E-state index in [1.165, 1.54) is 11.0 Å². The molecular weight excluding hydrogens is 272 g/mol. The number of H-pyrrole nitrogens is 1. The summed E-state index contributed by atoms with van der Waals surface area (Å²) in [5, 5.41) is 4.26. The summed E-state index contributed by atoms with van der Waals surface area (Å²) in [6.07, 6.45) is 2.23. The molecule has 1 fully saturated rings. The number of benzene rings is 1. The zero-order valence-electron chi connectivity index (χ0n) is 13.7. The molecule has 0 spiro atoms. The molecule has 0 radical (unpaired) electrons. The van der Waals surface area contributed by atoms with Gasteiger partial charge in [0.15, 0.2) is 0 Å². The van der Waals surface area contributed by atoms with Gasteiger partial charge in [-0.3, -0.25) is 4.79 Å². The maximum Gasteiger partial charge on any atom is 0.224 e. The summed E-state index contributed by atoms with van der Waals surface area (Å²) >= 11 is 0. The van der Waals surface area contributed by atoms with Crippen molar-refractivity contribution in [2.45, 2.75) is 34.2 Å². The van der Waals surface area contributed by atoms with Crippen molar-refractivity contribution in [2.24, 2.45) is 17.3 Å². The fourth-order valence-electron chi connectivity index (χ4n) is 3.37. The molecule has 0 bridgehead atoms. The Bertz CT molecular complexity index is 702. The lowest BCUT2D eigenvalue weighted by Crippen LogP contribution is -2.26. The molecular formula is C19H24N2O. The van der Waals surface area contributed by atoms with Gasteiger partial charge in [0, 0.05) is 11.2 Å². The van der Waals surface area contributed by atoms with Gasteiger partial charge < -0.3 is 10.3 Å². The van der Waals surface area contributed by atoms with Crippen LogP contribution in [0.2, 0.25) is 0 Å². The second kappa shape index (κ2) is 5.31. The number of aromatic amines is 1. The van der Waals surface area contributed by atoms with Gasteiger partial charge in [-0.05, 0) is 42.7 Å². The summed E-state index contributed by atoms with van der Waals surface area (Å²) in [7, 11) is 0. The number of amides is 1. The number of para-hydroxylation sites is 1. The largest absolute Gasteiger partial charge is 0.357 e. The Morgan fingerprint density at radius 2 is 2.05 bits per heavy atom. The van der Waals surface area contributed by atoms with Gasteiger partial charge in [0.25, 0.3) is 0 Å². The highest BCUT2D eigenvalue weighted by Gasteiger charge is 2.60. The zero-order chi connectivity index (χ0) is 15.9. The minimum Gasteiger partial charge on any atom is -0.357 e. The number of nitrogens with one attached hydrogen (secondary N) is 2. The SMILES string of the molecule is CC(C)=C[C@H]1[C@@H](C(=O)NCc2cc3ccccc3[nH]2)C1(C)C. The lowest BCUT2D eigenvalue weighted by Gasteiger charge is -2.04. The van der Waals surface area contributed by atoms with Crippen LogP contribution in [0.5, 0.6) is 0 Å². The van der Waals surface area contributed by atoms with Gasteiger partial charge in [-0.15, -0.1) is 0 Å². The van der Waals surface area contributed by atoms with Crippen molar-refractivity contribution in [3.05, 3.63) is 47.7 Å². The molecule has 1 aliphatic rings. The average Bonchev–Trinajstić information content (AvgIpc) is 2.83. The van der Waals surface area contributed by atoms with E-state index in [1.54, 1.807) is 0 Å². The van der Waals surface area contributed by atoms with E-state index >= 15 is 0 Å². The van der Waals surface area contributed by atoms with Gasteiger partial charge in [0.1, 0.15) is 0 Å². The normalized spacial score (nSPS) is 22.4. The van der Waals surface area contributed by atoms with E-state index < -0.39 is 0 Å². The Balaban J connectivity index is 1.64. The first kappa shape index (κ1) is 14.9. The fraction of sp³-hybridized carbons (Fsp3) is 0.421. The molecule has 3 heteroatoms. The lowest BCUT2D eigenvalue weighted by atomic mass is 10.1. The molecule has 0 aliphatic heterocycles. The van der Waals surface area contributed by atoms with E-state index in [4.69, 9.17) is 0 Å². The molecule has 0 unspecified atom stereocenters. The molecule has 3 rings (SSSR count). The third-order valence-corrected chi connectivity index (χ3v) is 4.74. The first-order valence-electron chi connectivity index (χ1n) is 7.89. The molecule has 1 amide bonds. The number of aromatic nitrogens is 1. The fourth-order valence-corrected chi connectivity index (χ4v) is 3.37. The molecule has 1 aromatic carbocycles. The van der Waals surface area contributed by atoms with Crippen LogP contribution >= 0.6 is 0 Å². The van der Waals surface area contributed by atoms with Crippen molar-refractivity contribution in [2.75, 3.05) is 0 Å². The van der Waals surface area contributed by atoms with Crippen LogP contribution in [0.1, 0.15) is 33.4 Å². The Hall–Kier alpha value is -2.03. The number of fused-ring (bicyclic) bond motifs is 1. The molecule has 2 aromatic rings. The minimum atomic E-state index is 0.0712. The van der Waals surface area contributed by atoms with Crippen LogP contribution in [0.25, 0.3) is 10.9 Å². The Labute approximate surface area is 131 Å². The zero-order valence-corrected chi connectivity index (χ0v) is 13.7. The number of carbonyl (C=O) groups excluding carboxylic acids is 1. The molecule has 1 heterocycles. The van der Waals surface area contributed by atoms with Gasteiger partial charge >= 0.3 is 0 Å². The number of hydrogen-bond acceptors (Lipinski definition) is 1. The summed E-state index contributed by atoms with van der Waals surface area (Å²) < 4.78 is 0. The topological polar surface area (TPSA) is 44.9 Å². The van der Waals surface area contributed by atoms with E-state index in [9.17, 15) is 4.79 Å². The van der Waals surface area contributed by atoms with Gasteiger partial charge in [-0.1, -0.05) is 43.7 Å². The average molecular weight is 296 g/mol. The maximum atomic E-state index is 12.4.